The molecule has 3 nitrogen and oxygen atoms in total. The summed E-state index contributed by atoms with van der Waals surface area (Å²) in [5, 5.41) is 4.06. The van der Waals surface area contributed by atoms with Gasteiger partial charge in [-0.3, -0.25) is 0 Å². The molecular weight excluding hydrogens is 211 g/mol. The molecule has 0 fully saturated rings. The quantitative estimate of drug-likeness (QED) is 0.658. The van der Waals surface area contributed by atoms with Gasteiger partial charge in [-0.25, -0.2) is 0 Å². The molecule has 0 bridgehead atoms. The molecule has 1 aliphatic rings. The second-order valence-electron chi connectivity index (χ2n) is 2.73. The molecule has 0 aliphatic carbocycles. The predicted molar refractivity (Wildman–Crippen MR) is 54.9 cm³/mol. The fourth-order valence-electron chi connectivity index (χ4n) is 1.26. The lowest BCUT2D eigenvalue weighted by atomic mass is 10.2. The highest BCUT2D eigenvalue weighted by molar-refractivity contribution is 6.38. The van der Waals surface area contributed by atoms with Gasteiger partial charge in [0.25, 0.3) is 0 Å². The lowest BCUT2D eigenvalue weighted by Crippen LogP contribution is -2.19. The van der Waals surface area contributed by atoms with E-state index in [9.17, 15) is 0 Å². The van der Waals surface area contributed by atoms with E-state index in [-0.39, 0.29) is 0 Å². The molecular formula is C8H8Cl2N2O. The van der Waals surface area contributed by atoms with Crippen LogP contribution in [0.15, 0.2) is 6.07 Å². The van der Waals surface area contributed by atoms with Crippen LogP contribution in [0.1, 0.15) is 0 Å². The van der Waals surface area contributed by atoms with Crippen molar-refractivity contribution < 1.29 is 4.74 Å². The number of nitrogens with two attached hydrogens (primary N) is 1. The lowest BCUT2D eigenvalue weighted by molar-refractivity contribution is 0.325. The summed E-state index contributed by atoms with van der Waals surface area (Å²) < 4.78 is 5.36. The molecule has 0 saturated carbocycles. The van der Waals surface area contributed by atoms with Gasteiger partial charge in [0.2, 0.25) is 0 Å². The van der Waals surface area contributed by atoms with Gasteiger partial charge in [-0.05, 0) is 6.07 Å². The lowest BCUT2D eigenvalue weighted by Gasteiger charge is -2.22. The molecule has 1 aliphatic heterocycles. The maximum Gasteiger partial charge on any atom is 0.168 e. The van der Waals surface area contributed by atoms with E-state index in [0.717, 1.165) is 12.2 Å². The molecule has 0 amide bonds. The van der Waals surface area contributed by atoms with Gasteiger partial charge in [0, 0.05) is 6.54 Å². The highest BCUT2D eigenvalue weighted by atomic mass is 35.5. The molecule has 0 saturated heterocycles. The number of hydrogen-bond acceptors (Lipinski definition) is 3. The molecule has 13 heavy (non-hydrogen) atoms. The van der Waals surface area contributed by atoms with Gasteiger partial charge in [0.15, 0.2) is 5.75 Å². The fraction of sp³-hybridized carbons (Fsp3) is 0.250. The minimum Gasteiger partial charge on any atom is -0.487 e. The zero-order valence-corrected chi connectivity index (χ0v) is 8.24. The van der Waals surface area contributed by atoms with Crippen molar-refractivity contribution >= 4 is 34.6 Å². The van der Waals surface area contributed by atoms with Gasteiger partial charge in [-0.1, -0.05) is 23.2 Å². The molecule has 70 valence electrons. The Kier molecular flexibility index (Phi) is 2.14. The van der Waals surface area contributed by atoms with E-state index >= 15 is 0 Å². The van der Waals surface area contributed by atoms with E-state index < -0.39 is 0 Å². The Bertz CT molecular complexity index is 354. The predicted octanol–water partition coefficient (Wildman–Crippen LogP) is 2.38. The van der Waals surface area contributed by atoms with Crippen molar-refractivity contribution in [3.8, 4) is 5.75 Å². The molecule has 1 aromatic rings. The van der Waals surface area contributed by atoms with E-state index in [0.29, 0.717) is 28.1 Å². The molecule has 0 radical (unpaired) electrons. The minimum atomic E-state index is 0.424. The van der Waals surface area contributed by atoms with Crippen molar-refractivity contribution in [3.05, 3.63) is 16.1 Å². The molecule has 1 aromatic carbocycles. The van der Waals surface area contributed by atoms with Crippen LogP contribution in [-0.2, 0) is 0 Å². The monoisotopic (exact) mass is 218 g/mol. The number of hydrogen-bond donors (Lipinski definition) is 2. The topological polar surface area (TPSA) is 47.3 Å². The third-order valence-electron chi connectivity index (χ3n) is 1.87. The number of nitrogens with one attached hydrogen (secondary N) is 1. The number of benzene rings is 1. The van der Waals surface area contributed by atoms with Crippen LogP contribution in [0.5, 0.6) is 5.75 Å². The molecule has 1 heterocycles. The van der Waals surface area contributed by atoms with E-state index in [1.165, 1.54) is 0 Å². The molecule has 2 rings (SSSR count). The number of anilines is 2. The average molecular weight is 219 g/mol. The van der Waals surface area contributed by atoms with Crippen LogP contribution < -0.4 is 15.8 Å². The first kappa shape index (κ1) is 8.78. The van der Waals surface area contributed by atoms with E-state index in [2.05, 4.69) is 5.32 Å². The van der Waals surface area contributed by atoms with Gasteiger partial charge in [-0.15, -0.1) is 0 Å². The Morgan fingerprint density at radius 3 is 2.92 bits per heavy atom. The van der Waals surface area contributed by atoms with Crippen LogP contribution in [0, 0.1) is 0 Å². The minimum absolute atomic E-state index is 0.424. The van der Waals surface area contributed by atoms with Crippen LogP contribution >= 0.6 is 23.2 Å². The van der Waals surface area contributed by atoms with Gasteiger partial charge in [0.05, 0.1) is 21.4 Å². The second-order valence-corrected chi connectivity index (χ2v) is 3.55. The first-order valence-electron chi connectivity index (χ1n) is 3.84. The summed E-state index contributed by atoms with van der Waals surface area (Å²) in [6.45, 7) is 1.31. The van der Waals surface area contributed by atoms with Crippen molar-refractivity contribution in [2.75, 3.05) is 24.2 Å². The van der Waals surface area contributed by atoms with Crippen LogP contribution in [-0.4, -0.2) is 13.2 Å². The summed E-state index contributed by atoms with van der Waals surface area (Å²) in [6.07, 6.45) is 0. The maximum atomic E-state index is 5.94. The first-order chi connectivity index (χ1) is 6.20. The third kappa shape index (κ3) is 1.38. The number of fused-ring (bicyclic) bond motifs is 1. The van der Waals surface area contributed by atoms with Crippen LogP contribution in [0.2, 0.25) is 10.0 Å². The van der Waals surface area contributed by atoms with E-state index in [4.69, 9.17) is 33.7 Å². The standard InChI is InChI=1S/C8H8Cl2N2O/c9-4-3-5(10)7-8(6(4)11)13-2-1-12-7/h3,12H,1-2,11H2. The van der Waals surface area contributed by atoms with Crippen LogP contribution in [0.25, 0.3) is 0 Å². The first-order valence-corrected chi connectivity index (χ1v) is 4.60. The molecule has 0 atom stereocenters. The summed E-state index contributed by atoms with van der Waals surface area (Å²) in [5.41, 5.74) is 6.89. The number of rotatable bonds is 0. The largest absolute Gasteiger partial charge is 0.487 e. The smallest absolute Gasteiger partial charge is 0.168 e. The van der Waals surface area contributed by atoms with Gasteiger partial charge < -0.3 is 15.8 Å². The number of nitrogen functional groups attached to an aromatic ring is 1. The Morgan fingerprint density at radius 2 is 2.15 bits per heavy atom. The molecule has 0 spiro atoms. The Morgan fingerprint density at radius 1 is 1.38 bits per heavy atom. The third-order valence-corrected chi connectivity index (χ3v) is 2.48. The van der Waals surface area contributed by atoms with Gasteiger partial charge in [-0.2, -0.15) is 0 Å². The summed E-state index contributed by atoms with van der Waals surface area (Å²) in [5.74, 6) is 0.559. The summed E-state index contributed by atoms with van der Waals surface area (Å²) in [4.78, 5) is 0. The summed E-state index contributed by atoms with van der Waals surface area (Å²) in [7, 11) is 0. The van der Waals surface area contributed by atoms with Crippen molar-refractivity contribution in [3.63, 3.8) is 0 Å². The van der Waals surface area contributed by atoms with Crippen molar-refractivity contribution in [2.24, 2.45) is 0 Å². The Labute approximate surface area is 85.8 Å². The van der Waals surface area contributed by atoms with E-state index in [1.54, 1.807) is 6.07 Å². The fourth-order valence-corrected chi connectivity index (χ4v) is 1.77. The number of ether oxygens (including phenoxy) is 1. The Hall–Kier alpha value is -0.800. The SMILES string of the molecule is Nc1c(Cl)cc(Cl)c2c1OCCN2. The maximum absolute atomic E-state index is 5.94. The molecule has 0 aromatic heterocycles. The zero-order chi connectivity index (χ0) is 9.42. The second kappa shape index (κ2) is 3.16. The highest BCUT2D eigenvalue weighted by Gasteiger charge is 2.18. The zero-order valence-electron chi connectivity index (χ0n) is 6.73. The van der Waals surface area contributed by atoms with Crippen molar-refractivity contribution in [2.45, 2.75) is 0 Å². The number of halogens is 2. The highest BCUT2D eigenvalue weighted by Crippen LogP contribution is 2.43. The average Bonchev–Trinajstić information content (AvgIpc) is 2.15. The van der Waals surface area contributed by atoms with Crippen LogP contribution in [0.3, 0.4) is 0 Å². The van der Waals surface area contributed by atoms with Gasteiger partial charge in [0.1, 0.15) is 6.61 Å². The van der Waals surface area contributed by atoms with Crippen LogP contribution in [0.4, 0.5) is 11.4 Å². The van der Waals surface area contributed by atoms with Crippen molar-refractivity contribution in [1.29, 1.82) is 0 Å². The van der Waals surface area contributed by atoms with Crippen molar-refractivity contribution in [1.82, 2.24) is 0 Å². The van der Waals surface area contributed by atoms with Gasteiger partial charge >= 0.3 is 0 Å². The molecule has 0 unspecified atom stereocenters. The summed E-state index contributed by atoms with van der Waals surface area (Å²) >= 11 is 11.8. The molecule has 5 heteroatoms. The Balaban J connectivity index is 2.63. The molecule has 3 N–H and O–H groups in total. The van der Waals surface area contributed by atoms with E-state index in [1.807, 2.05) is 0 Å². The summed E-state index contributed by atoms with van der Waals surface area (Å²) in [6, 6.07) is 1.61. The normalized spacial score (nSPS) is 14.3.